The molecule has 0 aromatic carbocycles. The number of hydrogen-bond donors (Lipinski definition) is 4. The van der Waals surface area contributed by atoms with Crippen LogP contribution in [-0.4, -0.2) is 98.9 Å². The van der Waals surface area contributed by atoms with Gasteiger partial charge in [0.05, 0.1) is 25.9 Å². The van der Waals surface area contributed by atoms with Gasteiger partial charge in [-0.05, 0) is 0 Å². The van der Waals surface area contributed by atoms with Crippen LogP contribution in [0.3, 0.4) is 0 Å². The minimum atomic E-state index is -5.02. The van der Waals surface area contributed by atoms with Crippen LogP contribution in [0.2, 0.25) is 0 Å². The van der Waals surface area contributed by atoms with Gasteiger partial charge in [-0.3, -0.25) is 27.3 Å². The third-order valence-electron chi connectivity index (χ3n) is 7.16. The van der Waals surface area contributed by atoms with Crippen molar-refractivity contribution in [1.29, 1.82) is 0 Å². The fourth-order valence-corrected chi connectivity index (χ4v) is 6.95. The Labute approximate surface area is 239 Å². The molecule has 3 aliphatic heterocycles. The molecule has 0 radical (unpaired) electrons. The second-order valence-corrected chi connectivity index (χ2v) is 12.1. The van der Waals surface area contributed by atoms with Crippen LogP contribution in [0.15, 0.2) is 25.3 Å². The van der Waals surface area contributed by atoms with Crippen LogP contribution in [0.4, 0.5) is 16.0 Å². The number of halogens is 1. The van der Waals surface area contributed by atoms with E-state index in [4.69, 9.17) is 39.0 Å². The topological polar surface area (TPSA) is 269 Å². The smallest absolute Gasteiger partial charge is 0.387 e. The Morgan fingerprint density at radius 2 is 1.51 bits per heavy atom. The number of phosphoric ester groups is 1. The van der Waals surface area contributed by atoms with Crippen molar-refractivity contribution in [3.63, 3.8) is 0 Å². The number of aromatic nitrogens is 8. The highest BCUT2D eigenvalue weighted by molar-refractivity contribution is 7.47. The highest BCUT2D eigenvalue weighted by Crippen LogP contribution is 2.51. The van der Waals surface area contributed by atoms with Crippen LogP contribution in [0.25, 0.3) is 22.3 Å². The van der Waals surface area contributed by atoms with Gasteiger partial charge in [0.1, 0.15) is 54.2 Å². The third-order valence-corrected chi connectivity index (χ3v) is 9.01. The van der Waals surface area contributed by atoms with Crippen molar-refractivity contribution in [2.75, 3.05) is 24.7 Å². The normalized spacial score (nSPS) is 37.1. The van der Waals surface area contributed by atoms with Crippen LogP contribution < -0.4 is 11.5 Å². The van der Waals surface area contributed by atoms with Gasteiger partial charge < -0.3 is 35.5 Å². The van der Waals surface area contributed by atoms with Crippen molar-refractivity contribution in [3.05, 3.63) is 25.3 Å². The number of aliphatic hydroxyl groups excluding tert-OH is 1. The summed E-state index contributed by atoms with van der Waals surface area (Å²) in [6.07, 6.45) is -7.27. The molecular weight excluding hydrogens is 621 g/mol. The molecule has 3 fully saturated rings. The zero-order valence-corrected chi connectivity index (χ0v) is 23.5. The lowest BCUT2D eigenvalue weighted by Gasteiger charge is -2.24. The van der Waals surface area contributed by atoms with Gasteiger partial charge in [-0.1, -0.05) is 0 Å². The van der Waals surface area contributed by atoms with E-state index in [1.165, 1.54) is 28.1 Å². The fourth-order valence-electron chi connectivity index (χ4n) is 5.14. The summed E-state index contributed by atoms with van der Waals surface area (Å²) in [6.45, 7) is -1.32. The maximum Gasteiger partial charge on any atom is 0.472 e. The quantitative estimate of drug-likeness (QED) is 0.203. The molecule has 230 valence electrons. The first-order chi connectivity index (χ1) is 20.6. The number of nitrogens with zero attached hydrogens (tertiary/aromatic N) is 8. The standard InChI is InChI=1S/C20H23FN10O10P2/c21-9-13-8(39-19(9)30-5-28-10-15(22)24-3-26-17(10)30)1-36-42(33)40-14-12(32)7(2-37-43(34,35)41-13)38-20(14)31-6-29-11-16(23)25-4-27-18(11)31/h3-9,12-14,19-20,32,42H,1-2H2,(H,34,35)(H2,22,24,26)(H2,23,25,27). The van der Waals surface area contributed by atoms with Crippen molar-refractivity contribution in [2.24, 2.45) is 0 Å². The minimum Gasteiger partial charge on any atom is -0.387 e. The van der Waals surface area contributed by atoms with E-state index in [2.05, 4.69) is 29.9 Å². The molecule has 7 rings (SSSR count). The van der Waals surface area contributed by atoms with E-state index >= 15 is 4.39 Å². The van der Waals surface area contributed by atoms with Gasteiger partial charge in [-0.15, -0.1) is 0 Å². The number of aliphatic hydroxyl groups is 1. The predicted octanol–water partition coefficient (Wildman–Crippen LogP) is -0.368. The van der Waals surface area contributed by atoms with Gasteiger partial charge in [0.15, 0.2) is 41.6 Å². The Morgan fingerprint density at radius 1 is 0.907 bits per heavy atom. The number of alkyl halides is 1. The first-order valence-corrected chi connectivity index (χ1v) is 15.3. The SMILES string of the molecule is Nc1ncnc2c1ncn2C1OC2CO[PH](=O)OC3C(O)C(COP(=O)(O)OC2C1F)OC3n1cnc2c(N)ncnc21. The highest BCUT2D eigenvalue weighted by atomic mass is 31.2. The van der Waals surface area contributed by atoms with Crippen LogP contribution in [0, 0.1) is 0 Å². The first kappa shape index (κ1) is 28.5. The lowest BCUT2D eigenvalue weighted by atomic mass is 10.1. The minimum absolute atomic E-state index is 0.0419. The van der Waals surface area contributed by atoms with Gasteiger partial charge in [0.25, 0.3) is 0 Å². The number of phosphoric acid groups is 1. The number of hydrogen-bond acceptors (Lipinski definition) is 17. The monoisotopic (exact) mass is 644 g/mol. The summed E-state index contributed by atoms with van der Waals surface area (Å²) >= 11 is 0. The summed E-state index contributed by atoms with van der Waals surface area (Å²) in [4.78, 5) is 34.7. The molecule has 0 spiro atoms. The molecule has 10 unspecified atom stereocenters. The second-order valence-electron chi connectivity index (χ2n) is 9.71. The Morgan fingerprint density at radius 3 is 2.16 bits per heavy atom. The summed E-state index contributed by atoms with van der Waals surface area (Å²) in [5.41, 5.74) is 12.4. The Hall–Kier alpha value is -3.23. The molecule has 0 aliphatic carbocycles. The Kier molecular flexibility index (Phi) is 7.13. The van der Waals surface area contributed by atoms with E-state index in [1.54, 1.807) is 0 Å². The zero-order chi connectivity index (χ0) is 30.0. The second kappa shape index (κ2) is 10.7. The van der Waals surface area contributed by atoms with Gasteiger partial charge in [-0.25, -0.2) is 38.9 Å². The van der Waals surface area contributed by atoms with Crippen molar-refractivity contribution >= 4 is 50.0 Å². The molecule has 10 atom stereocenters. The average molecular weight is 644 g/mol. The van der Waals surface area contributed by atoms with Crippen LogP contribution >= 0.6 is 16.1 Å². The Bertz CT molecular complexity index is 1760. The lowest BCUT2D eigenvalue weighted by molar-refractivity contribution is -0.0614. The molecule has 7 heterocycles. The summed E-state index contributed by atoms with van der Waals surface area (Å²) in [6, 6.07) is 0. The van der Waals surface area contributed by atoms with Crippen molar-refractivity contribution in [2.45, 2.75) is 49.1 Å². The molecule has 3 aliphatic rings. The number of rotatable bonds is 2. The van der Waals surface area contributed by atoms with E-state index in [-0.39, 0.29) is 34.0 Å². The van der Waals surface area contributed by atoms with Crippen LogP contribution in [-0.2, 0) is 36.7 Å². The van der Waals surface area contributed by atoms with Crippen molar-refractivity contribution in [3.8, 4) is 0 Å². The van der Waals surface area contributed by atoms with Crippen LogP contribution in [0.5, 0.6) is 0 Å². The van der Waals surface area contributed by atoms with Gasteiger partial charge in [-0.2, -0.15) is 0 Å². The average Bonchev–Trinajstić information content (AvgIpc) is 3.73. The maximum absolute atomic E-state index is 15.8. The molecule has 3 saturated heterocycles. The lowest BCUT2D eigenvalue weighted by Crippen LogP contribution is -2.35. The van der Waals surface area contributed by atoms with E-state index in [0.717, 1.165) is 6.33 Å². The molecule has 6 N–H and O–H groups in total. The number of imidazole rings is 2. The number of ether oxygens (including phenoxy) is 2. The highest BCUT2D eigenvalue weighted by Gasteiger charge is 2.53. The summed E-state index contributed by atoms with van der Waals surface area (Å²) in [7, 11) is -8.46. The largest absolute Gasteiger partial charge is 0.472 e. The summed E-state index contributed by atoms with van der Waals surface area (Å²) in [5, 5.41) is 11.0. The van der Waals surface area contributed by atoms with E-state index < -0.39 is 78.4 Å². The van der Waals surface area contributed by atoms with E-state index in [9.17, 15) is 19.1 Å². The number of fused-ring (bicyclic) bond motifs is 5. The zero-order valence-electron chi connectivity index (χ0n) is 21.6. The number of nitrogens with two attached hydrogens (primary N) is 2. The molecule has 20 nitrogen and oxygen atoms in total. The first-order valence-electron chi connectivity index (χ1n) is 12.6. The van der Waals surface area contributed by atoms with Crippen molar-refractivity contribution in [1.82, 2.24) is 39.0 Å². The van der Waals surface area contributed by atoms with Gasteiger partial charge in [0.2, 0.25) is 0 Å². The molecular formula is C20H23FN10O10P2. The molecule has 23 heteroatoms. The molecule has 2 bridgehead atoms. The molecule has 4 aromatic rings. The molecule has 4 aromatic heterocycles. The molecule has 0 saturated carbocycles. The number of nitrogen functional groups attached to an aromatic ring is 2. The van der Waals surface area contributed by atoms with Gasteiger partial charge in [0, 0.05) is 0 Å². The molecule has 43 heavy (non-hydrogen) atoms. The van der Waals surface area contributed by atoms with Crippen molar-refractivity contribution < 1.29 is 51.1 Å². The van der Waals surface area contributed by atoms with E-state index in [1.807, 2.05) is 0 Å². The Balaban J connectivity index is 1.18. The summed E-state index contributed by atoms with van der Waals surface area (Å²) < 4.78 is 77.3. The van der Waals surface area contributed by atoms with Gasteiger partial charge >= 0.3 is 16.1 Å². The van der Waals surface area contributed by atoms with E-state index in [0.29, 0.717) is 0 Å². The third kappa shape index (κ3) is 4.96. The number of anilines is 2. The fraction of sp³-hybridized carbons (Fsp3) is 0.500. The maximum atomic E-state index is 15.8. The molecule has 0 amide bonds. The van der Waals surface area contributed by atoms with Crippen LogP contribution in [0.1, 0.15) is 12.5 Å². The summed E-state index contributed by atoms with van der Waals surface area (Å²) in [5.74, 6) is 0.118. The predicted molar refractivity (Wildman–Crippen MR) is 139 cm³/mol.